The molecule has 528 valence electrons. The number of hydrogen-bond donors (Lipinski definition) is 5. The predicted octanol–water partition coefficient (Wildman–Crippen LogP) is 11.5. The zero-order valence-corrected chi connectivity index (χ0v) is 59.0. The van der Waals surface area contributed by atoms with Gasteiger partial charge in [0.1, 0.15) is 5.57 Å². The number of fused-ring (bicyclic) bond motifs is 4. The van der Waals surface area contributed by atoms with Gasteiger partial charge < -0.3 is 57.6 Å². The molecule has 19 nitrogen and oxygen atoms in total. The molecule has 0 radical (unpaired) electrons. The molecule has 8 aliphatic carbocycles. The van der Waals surface area contributed by atoms with Gasteiger partial charge in [0.2, 0.25) is 0 Å². The number of nitrogens with two attached hydrogens (primary N) is 2. The molecule has 0 spiro atoms. The van der Waals surface area contributed by atoms with Crippen LogP contribution in [0.25, 0.3) is 0 Å². The summed E-state index contributed by atoms with van der Waals surface area (Å²) in [6.45, 7) is 24.1. The molecule has 97 heavy (non-hydrogen) atoms. The van der Waals surface area contributed by atoms with Crippen molar-refractivity contribution in [2.24, 2.45) is 81.0 Å². The van der Waals surface area contributed by atoms with Gasteiger partial charge in [0.15, 0.2) is 5.92 Å². The quantitative estimate of drug-likeness (QED) is 0.0127. The fourth-order valence-electron chi connectivity index (χ4n) is 14.2. The second-order valence-corrected chi connectivity index (χ2v) is 24.3. The number of aliphatic carboxylic acids is 2. The van der Waals surface area contributed by atoms with Crippen molar-refractivity contribution in [1.29, 1.82) is 21.0 Å². The summed E-state index contributed by atoms with van der Waals surface area (Å²) in [5.74, 6) is -2.64. The number of carboxylic acids is 2. The third-order valence-corrected chi connectivity index (χ3v) is 18.8. The SMILES string of the molecule is C.C.C.CCC1=C[C@@H]2[C@H](C1)C[C@]2(C#N)CC(=O)O.CCC1=C[C@@H]2[C@H](C1)C[C@]2(C#N)CC(=O)O.CCO.CCOC(=O)C(C(=O)OCC)=C1C[C@H]2CC(CC)=C[C@@H]12.CCOC(=O)C(C(=O)OCC)[C@@]1(C#N)C[C@H]2CC(CC)=C[C@H]21.NCc1ccccc1.NCc1ccccc1.[C-]#N.[H+].[Na+]. The van der Waals surface area contributed by atoms with Crippen molar-refractivity contribution in [3.63, 3.8) is 0 Å². The van der Waals surface area contributed by atoms with Crippen LogP contribution < -0.4 is 41.0 Å². The summed E-state index contributed by atoms with van der Waals surface area (Å²) in [6.07, 6.45) is 19.7. The van der Waals surface area contributed by atoms with Gasteiger partial charge in [0.05, 0.1) is 73.7 Å². The maximum absolute atomic E-state index is 12.3. The minimum Gasteiger partial charge on any atom is -0.512 e. The van der Waals surface area contributed by atoms with E-state index in [1.165, 1.54) is 33.4 Å². The van der Waals surface area contributed by atoms with Gasteiger partial charge in [-0.1, -0.05) is 157 Å². The van der Waals surface area contributed by atoms with Crippen LogP contribution in [0.1, 0.15) is 187 Å². The van der Waals surface area contributed by atoms with Crippen LogP contribution in [0, 0.1) is 115 Å². The minimum atomic E-state index is -1.15. The number of rotatable bonds is 19. The molecule has 10 rings (SSSR count). The molecule has 4 fully saturated rings. The number of esters is 4. The summed E-state index contributed by atoms with van der Waals surface area (Å²) in [5.41, 5.74) is 17.4. The summed E-state index contributed by atoms with van der Waals surface area (Å²) < 4.78 is 20.1. The average molecular weight is 1350 g/mol. The van der Waals surface area contributed by atoms with Crippen LogP contribution in [0.3, 0.4) is 0 Å². The molecular formula is C77H112N6NaO13+. The first kappa shape index (κ1) is 91.9. The molecular weight excluding hydrogens is 1240 g/mol. The normalized spacial score (nSPS) is 24.8. The Labute approximate surface area is 603 Å². The fraction of sp³-hybridized carbons (Fsp3) is 0.584. The van der Waals surface area contributed by atoms with E-state index in [2.05, 4.69) is 70.2 Å². The van der Waals surface area contributed by atoms with Gasteiger partial charge in [-0.05, 0) is 164 Å². The molecule has 0 aliphatic heterocycles. The largest absolute Gasteiger partial charge is 1.00 e. The molecule has 8 aliphatic rings. The van der Waals surface area contributed by atoms with Crippen LogP contribution >= 0.6 is 0 Å². The zero-order chi connectivity index (χ0) is 69.5. The fourth-order valence-corrected chi connectivity index (χ4v) is 14.2. The van der Waals surface area contributed by atoms with Crippen LogP contribution in [0.15, 0.2) is 118 Å². The van der Waals surface area contributed by atoms with Crippen molar-refractivity contribution >= 4 is 35.8 Å². The summed E-state index contributed by atoms with van der Waals surface area (Å²) >= 11 is 0. The smallest absolute Gasteiger partial charge is 0.512 e. The van der Waals surface area contributed by atoms with E-state index in [9.17, 15) is 34.0 Å². The van der Waals surface area contributed by atoms with E-state index >= 15 is 0 Å². The van der Waals surface area contributed by atoms with Crippen LogP contribution in [-0.2, 0) is 60.8 Å². The van der Waals surface area contributed by atoms with Crippen molar-refractivity contribution in [3.05, 3.63) is 136 Å². The van der Waals surface area contributed by atoms with Crippen molar-refractivity contribution < 1.29 is 94.0 Å². The van der Waals surface area contributed by atoms with E-state index in [1.807, 2.05) is 60.7 Å². The number of carboxylic acid groups (broad SMARTS) is 2. The van der Waals surface area contributed by atoms with Crippen molar-refractivity contribution in [3.8, 4) is 18.2 Å². The van der Waals surface area contributed by atoms with Gasteiger partial charge in [0, 0.05) is 31.5 Å². The zero-order valence-electron chi connectivity index (χ0n) is 58.0. The van der Waals surface area contributed by atoms with Gasteiger partial charge in [-0.15, -0.1) is 0 Å². The second-order valence-electron chi connectivity index (χ2n) is 24.3. The maximum Gasteiger partial charge on any atom is 1.00 e. The Morgan fingerprint density at radius 3 is 1.15 bits per heavy atom. The molecule has 0 bridgehead atoms. The van der Waals surface area contributed by atoms with E-state index in [4.69, 9.17) is 68.1 Å². The third kappa shape index (κ3) is 24.0. The molecule has 0 unspecified atom stereocenters. The molecule has 0 aromatic heterocycles. The van der Waals surface area contributed by atoms with E-state index in [1.54, 1.807) is 34.6 Å². The Hall–Kier alpha value is -7.20. The molecule has 4 saturated carbocycles. The number of hydrogen-bond acceptors (Lipinski definition) is 17. The van der Waals surface area contributed by atoms with E-state index in [0.29, 0.717) is 43.2 Å². The molecule has 2 aromatic carbocycles. The van der Waals surface area contributed by atoms with Crippen LogP contribution in [0.2, 0.25) is 0 Å². The van der Waals surface area contributed by atoms with Crippen LogP contribution in [0.5, 0.6) is 0 Å². The predicted molar refractivity (Wildman–Crippen MR) is 372 cm³/mol. The Balaban J connectivity index is -0.00000111. The maximum atomic E-state index is 12.3. The first-order chi connectivity index (χ1) is 44.6. The Kier molecular flexibility index (Phi) is 43.7. The molecule has 0 saturated heterocycles. The van der Waals surface area contributed by atoms with Gasteiger partial charge in [-0.25, -0.2) is 9.59 Å². The van der Waals surface area contributed by atoms with E-state index in [0.717, 1.165) is 76.2 Å². The van der Waals surface area contributed by atoms with Gasteiger partial charge in [-0.3, -0.25) is 19.2 Å². The van der Waals surface area contributed by atoms with Crippen molar-refractivity contribution in [2.45, 2.75) is 188 Å². The number of aliphatic hydroxyl groups is 1. The summed E-state index contributed by atoms with van der Waals surface area (Å²) in [7, 11) is 0. The Morgan fingerprint density at radius 1 is 0.526 bits per heavy atom. The molecule has 2 aromatic rings. The number of nitriles is 3. The summed E-state index contributed by atoms with van der Waals surface area (Å²) in [4.78, 5) is 70.1. The van der Waals surface area contributed by atoms with Crippen molar-refractivity contribution in [1.82, 2.24) is 0 Å². The monoisotopic (exact) mass is 1350 g/mol. The number of nitrogens with zero attached hydrogens (tertiary/aromatic N) is 4. The topological polar surface area (TPSA) is 347 Å². The molecule has 0 heterocycles. The number of ether oxygens (including phenoxy) is 4. The summed E-state index contributed by atoms with van der Waals surface area (Å²) in [6, 6.07) is 26.7. The molecule has 7 N–H and O–H groups in total. The number of carbonyl (C=O) groups is 6. The summed E-state index contributed by atoms with van der Waals surface area (Å²) in [5, 5.41) is 59.5. The number of carbonyl (C=O) groups excluding carboxylic acids is 4. The molecule has 20 heteroatoms. The number of allylic oxidation sites excluding steroid dienone is 9. The average Bonchev–Trinajstić information content (AvgIpc) is 1.46. The van der Waals surface area contributed by atoms with Gasteiger partial charge >= 0.3 is 66.8 Å². The Bertz CT molecular complexity index is 3000. The third-order valence-electron chi connectivity index (χ3n) is 18.8. The second kappa shape index (κ2) is 46.1. The Morgan fingerprint density at radius 2 is 0.856 bits per heavy atom. The van der Waals surface area contributed by atoms with Gasteiger partial charge in [-0.2, -0.15) is 15.8 Å². The standard InChI is InChI=1S/C17H23NO4.C16H22O4.2C12H15NO2.2C7H9N.C2H6O.CN.3CH4.Na/c1-4-11-7-12-9-17(10-18,13(12)8-11)14(15(19)21-5-2)16(20)22-6-3;1-4-10-7-11-9-13(12(11)8-10)14(15(17)19-5-2)16(18)20-6-3;2*1-2-8-3-9-5-12(7-13,6-11(14)15)10(9)4-8;2*8-6-7-4-2-1-3-5-7;1-2-3;1-2;;;;/h8,12-14H,4-7,9H2,1-3H3;8,11-12H,4-7,9H2,1-3H3;2*4,9-10H,2-3,5-6H2,1H3,(H,14,15);2*1-5H,6,8H2;3H,2H2,1H3;;3*1H4;/q;;;;;;;-1;;;;+1/p+1/t12-,13-,17-;11-,12-;2*9-,10-,12-;;;;;;;;/m1111......../s1. The number of aliphatic hydroxyl groups excluding tert-OH is 1. The first-order valence-electron chi connectivity index (χ1n) is 32.8. The number of benzene rings is 2. The van der Waals surface area contributed by atoms with Gasteiger partial charge in [0.25, 0.3) is 0 Å². The van der Waals surface area contributed by atoms with E-state index in [-0.39, 0.29) is 128 Å². The van der Waals surface area contributed by atoms with Crippen LogP contribution in [-0.4, -0.2) is 84.2 Å². The molecule has 11 atom stereocenters. The van der Waals surface area contributed by atoms with Crippen molar-refractivity contribution in [2.75, 3.05) is 33.0 Å². The minimum absolute atomic E-state index is 0. The van der Waals surface area contributed by atoms with Crippen LogP contribution in [0.4, 0.5) is 0 Å². The first-order valence-corrected chi connectivity index (χ1v) is 32.8. The molecule has 0 amide bonds. The van der Waals surface area contributed by atoms with E-state index < -0.39 is 58.0 Å².